The Morgan fingerprint density at radius 3 is 2.54 bits per heavy atom. The van der Waals surface area contributed by atoms with E-state index < -0.39 is 0 Å². The maximum absolute atomic E-state index is 13.2. The number of halogens is 1. The van der Waals surface area contributed by atoms with Gasteiger partial charge in [-0.15, -0.1) is 10.2 Å². The van der Waals surface area contributed by atoms with Gasteiger partial charge in [-0.25, -0.2) is 4.39 Å². The van der Waals surface area contributed by atoms with Crippen molar-refractivity contribution >= 4 is 28.4 Å². The number of ether oxygens (including phenoxy) is 1. The second-order valence-corrected chi connectivity index (χ2v) is 7.61. The molecule has 1 amide bonds. The molecule has 0 unspecified atom stereocenters. The number of thioether (sulfide) groups is 1. The van der Waals surface area contributed by atoms with Gasteiger partial charge in [0, 0.05) is 35.6 Å². The van der Waals surface area contributed by atoms with E-state index in [0.29, 0.717) is 23.9 Å². The number of fused-ring (bicyclic) bond motifs is 1. The second-order valence-electron chi connectivity index (χ2n) is 6.65. The van der Waals surface area contributed by atoms with Crippen LogP contribution in [0.3, 0.4) is 0 Å². The largest absolute Gasteiger partial charge is 0.381 e. The molecule has 1 fully saturated rings. The number of hydrogen-bond acceptors (Lipinski definition) is 5. The highest BCUT2D eigenvalue weighted by Gasteiger charge is 2.17. The zero-order valence-corrected chi connectivity index (χ0v) is 16.0. The summed E-state index contributed by atoms with van der Waals surface area (Å²) in [4.78, 5) is 12.3. The molecule has 2 heterocycles. The second kappa shape index (κ2) is 8.67. The molecule has 0 bridgehead atoms. The molecule has 1 N–H and O–H groups in total. The number of hydrogen-bond donors (Lipinski definition) is 1. The SMILES string of the molecule is O=C(CSc1nnc(-c2ccc(F)cc2)c2ccccc12)NC1CCOCC1. The first-order chi connectivity index (χ1) is 13.7. The van der Waals surface area contributed by atoms with E-state index in [4.69, 9.17) is 4.74 Å². The highest BCUT2D eigenvalue weighted by Crippen LogP contribution is 2.31. The summed E-state index contributed by atoms with van der Waals surface area (Å²) < 4.78 is 18.6. The van der Waals surface area contributed by atoms with E-state index in [-0.39, 0.29) is 23.5 Å². The first kappa shape index (κ1) is 18.8. The molecule has 0 radical (unpaired) electrons. The van der Waals surface area contributed by atoms with Crippen molar-refractivity contribution in [2.75, 3.05) is 19.0 Å². The van der Waals surface area contributed by atoms with E-state index in [1.165, 1.54) is 23.9 Å². The van der Waals surface area contributed by atoms with Crippen LogP contribution in [0.2, 0.25) is 0 Å². The van der Waals surface area contributed by atoms with Crippen molar-refractivity contribution in [1.82, 2.24) is 15.5 Å². The molecule has 7 heteroatoms. The summed E-state index contributed by atoms with van der Waals surface area (Å²) in [5.74, 6) is -0.0135. The Balaban J connectivity index is 1.52. The number of amides is 1. The van der Waals surface area contributed by atoms with E-state index in [1.807, 2.05) is 24.3 Å². The summed E-state index contributed by atoms with van der Waals surface area (Å²) >= 11 is 1.38. The van der Waals surface area contributed by atoms with Crippen LogP contribution in [0, 0.1) is 5.82 Å². The molecule has 5 nitrogen and oxygen atoms in total. The molecule has 2 aromatic carbocycles. The molecule has 0 spiro atoms. The van der Waals surface area contributed by atoms with E-state index >= 15 is 0 Å². The lowest BCUT2D eigenvalue weighted by Gasteiger charge is -2.23. The molecular weight excluding hydrogens is 377 g/mol. The third-order valence-electron chi connectivity index (χ3n) is 4.70. The molecule has 1 aliphatic heterocycles. The lowest BCUT2D eigenvalue weighted by Crippen LogP contribution is -2.39. The molecule has 0 atom stereocenters. The van der Waals surface area contributed by atoms with Crippen LogP contribution in [-0.2, 0) is 9.53 Å². The monoisotopic (exact) mass is 397 g/mol. The fraction of sp³-hybridized carbons (Fsp3) is 0.286. The van der Waals surface area contributed by atoms with Crippen molar-refractivity contribution < 1.29 is 13.9 Å². The van der Waals surface area contributed by atoms with E-state index in [0.717, 1.165) is 29.2 Å². The van der Waals surface area contributed by atoms with Crippen molar-refractivity contribution in [2.24, 2.45) is 0 Å². The van der Waals surface area contributed by atoms with Gasteiger partial charge in [0.05, 0.1) is 5.75 Å². The fourth-order valence-electron chi connectivity index (χ4n) is 3.25. The maximum Gasteiger partial charge on any atom is 0.230 e. The Kier molecular flexibility index (Phi) is 5.83. The summed E-state index contributed by atoms with van der Waals surface area (Å²) in [7, 11) is 0. The van der Waals surface area contributed by atoms with Crippen molar-refractivity contribution in [1.29, 1.82) is 0 Å². The number of carbonyl (C=O) groups is 1. The summed E-state index contributed by atoms with van der Waals surface area (Å²) in [6, 6.07) is 14.2. The third-order valence-corrected chi connectivity index (χ3v) is 5.68. The van der Waals surface area contributed by atoms with Gasteiger partial charge in [0.25, 0.3) is 0 Å². The normalized spacial score (nSPS) is 14.9. The Hall–Kier alpha value is -2.51. The van der Waals surface area contributed by atoms with E-state index in [2.05, 4.69) is 15.5 Å². The van der Waals surface area contributed by atoms with Gasteiger partial charge in [-0.3, -0.25) is 4.79 Å². The molecule has 0 aliphatic carbocycles. The van der Waals surface area contributed by atoms with Gasteiger partial charge in [-0.2, -0.15) is 0 Å². The van der Waals surface area contributed by atoms with Gasteiger partial charge < -0.3 is 10.1 Å². The fourth-order valence-corrected chi connectivity index (χ4v) is 4.04. The van der Waals surface area contributed by atoms with E-state index in [1.54, 1.807) is 12.1 Å². The van der Waals surface area contributed by atoms with Gasteiger partial charge in [-0.05, 0) is 37.1 Å². The predicted octanol–water partition coefficient (Wildman–Crippen LogP) is 3.82. The minimum atomic E-state index is -0.288. The molecular formula is C21H20FN3O2S. The average Bonchev–Trinajstić information content (AvgIpc) is 2.73. The quantitative estimate of drug-likeness (QED) is 0.663. The van der Waals surface area contributed by atoms with Crippen LogP contribution in [0.5, 0.6) is 0 Å². The Morgan fingerprint density at radius 1 is 1.07 bits per heavy atom. The molecule has 144 valence electrons. The molecule has 4 rings (SSSR count). The highest BCUT2D eigenvalue weighted by molar-refractivity contribution is 8.00. The maximum atomic E-state index is 13.2. The van der Waals surface area contributed by atoms with Crippen LogP contribution >= 0.6 is 11.8 Å². The third kappa shape index (κ3) is 4.31. The van der Waals surface area contributed by atoms with Crippen molar-refractivity contribution in [3.8, 4) is 11.3 Å². The Labute approximate surface area is 166 Å². The zero-order valence-electron chi connectivity index (χ0n) is 15.2. The number of nitrogens with zero attached hydrogens (tertiary/aromatic N) is 2. The minimum absolute atomic E-state index is 0.00890. The summed E-state index contributed by atoms with van der Waals surface area (Å²) in [5, 5.41) is 14.3. The summed E-state index contributed by atoms with van der Waals surface area (Å²) in [6.07, 6.45) is 1.71. The van der Waals surface area contributed by atoms with Gasteiger partial charge in [-0.1, -0.05) is 36.0 Å². The van der Waals surface area contributed by atoms with Crippen LogP contribution in [0.25, 0.3) is 22.0 Å². The molecule has 1 aromatic heterocycles. The molecule has 0 saturated carbocycles. The van der Waals surface area contributed by atoms with E-state index in [9.17, 15) is 9.18 Å². The van der Waals surface area contributed by atoms with Crippen LogP contribution in [0.4, 0.5) is 4.39 Å². The standard InChI is InChI=1S/C21H20FN3O2S/c22-15-7-5-14(6-8-15)20-17-3-1-2-4-18(17)21(25-24-20)28-13-19(26)23-16-9-11-27-12-10-16/h1-8,16H,9-13H2,(H,23,26). The van der Waals surface area contributed by atoms with Gasteiger partial charge in [0.2, 0.25) is 5.91 Å². The molecule has 28 heavy (non-hydrogen) atoms. The smallest absolute Gasteiger partial charge is 0.230 e. The van der Waals surface area contributed by atoms with Crippen LogP contribution in [-0.4, -0.2) is 41.1 Å². The first-order valence-electron chi connectivity index (χ1n) is 9.22. The number of rotatable bonds is 5. The average molecular weight is 397 g/mol. The molecule has 1 saturated heterocycles. The number of benzene rings is 2. The molecule has 1 aliphatic rings. The first-order valence-corrected chi connectivity index (χ1v) is 10.2. The zero-order chi connectivity index (χ0) is 19.3. The number of carbonyl (C=O) groups excluding carboxylic acids is 1. The summed E-state index contributed by atoms with van der Waals surface area (Å²) in [5.41, 5.74) is 1.51. The van der Waals surface area contributed by atoms with Crippen LogP contribution < -0.4 is 5.32 Å². The lowest BCUT2D eigenvalue weighted by molar-refractivity contribution is -0.119. The Morgan fingerprint density at radius 2 is 1.79 bits per heavy atom. The highest BCUT2D eigenvalue weighted by atomic mass is 32.2. The lowest BCUT2D eigenvalue weighted by atomic mass is 10.1. The Bertz CT molecular complexity index is 975. The van der Waals surface area contributed by atoms with Crippen molar-refractivity contribution in [2.45, 2.75) is 23.9 Å². The van der Waals surface area contributed by atoms with Crippen LogP contribution in [0.1, 0.15) is 12.8 Å². The van der Waals surface area contributed by atoms with Crippen molar-refractivity contribution in [3.05, 3.63) is 54.3 Å². The minimum Gasteiger partial charge on any atom is -0.381 e. The topological polar surface area (TPSA) is 64.1 Å². The number of aromatic nitrogens is 2. The predicted molar refractivity (Wildman–Crippen MR) is 108 cm³/mol. The van der Waals surface area contributed by atoms with Gasteiger partial charge in [0.1, 0.15) is 16.5 Å². The van der Waals surface area contributed by atoms with Gasteiger partial charge >= 0.3 is 0 Å². The summed E-state index contributed by atoms with van der Waals surface area (Å²) in [6.45, 7) is 1.39. The van der Waals surface area contributed by atoms with Crippen molar-refractivity contribution in [3.63, 3.8) is 0 Å². The van der Waals surface area contributed by atoms with Crippen LogP contribution in [0.15, 0.2) is 53.6 Å². The number of nitrogens with one attached hydrogen (secondary N) is 1. The van der Waals surface area contributed by atoms with Gasteiger partial charge in [0.15, 0.2) is 0 Å². The molecule has 3 aromatic rings.